The van der Waals surface area contributed by atoms with Crippen LogP contribution in [0.1, 0.15) is 33.2 Å². The fourth-order valence-electron chi connectivity index (χ4n) is 3.34. The number of ketones is 1. The van der Waals surface area contributed by atoms with Gasteiger partial charge in [-0.05, 0) is 49.4 Å². The smallest absolute Gasteiger partial charge is 0.338 e. The molecular weight excluding hydrogens is 369 g/mol. The number of fused-ring (bicyclic) bond motifs is 1. The van der Waals surface area contributed by atoms with Crippen molar-refractivity contribution in [3.8, 4) is 5.69 Å². The number of benzene rings is 3. The Morgan fingerprint density at radius 3 is 2.31 bits per heavy atom. The summed E-state index contributed by atoms with van der Waals surface area (Å²) in [4.78, 5) is 24.9. The molecule has 0 radical (unpaired) electrons. The van der Waals surface area contributed by atoms with Gasteiger partial charge in [0.05, 0.1) is 23.3 Å². The first-order valence-electron chi connectivity index (χ1n) is 9.27. The highest BCUT2D eigenvalue weighted by atomic mass is 19.1. The number of carbonyl (C=O) groups excluding carboxylic acids is 2. The van der Waals surface area contributed by atoms with Gasteiger partial charge >= 0.3 is 5.97 Å². The van der Waals surface area contributed by atoms with Crippen LogP contribution in [-0.4, -0.2) is 22.9 Å². The summed E-state index contributed by atoms with van der Waals surface area (Å²) in [5.74, 6) is -1.30. The van der Waals surface area contributed by atoms with Crippen LogP contribution < -0.4 is 0 Å². The van der Waals surface area contributed by atoms with Crippen LogP contribution in [0, 0.1) is 5.82 Å². The average Bonchev–Trinajstić information content (AvgIpc) is 3.14. The number of carbonyl (C=O) groups is 2. The molecular formula is C24H18FNO3. The molecule has 1 aromatic heterocycles. The molecule has 0 aliphatic heterocycles. The standard InChI is InChI=1S/C24H18FNO3/c1-2-29-24(28)16-11-13-17(14-12-16)26-15-20(18-7-4-6-10-22(18)26)23(27)19-8-3-5-9-21(19)25/h3-15H,2H2,1H3. The number of hydrogen-bond acceptors (Lipinski definition) is 3. The summed E-state index contributed by atoms with van der Waals surface area (Å²) in [6.45, 7) is 2.07. The Bertz CT molecular complexity index is 1210. The number of ether oxygens (including phenoxy) is 1. The van der Waals surface area contributed by atoms with E-state index in [1.54, 1.807) is 49.5 Å². The largest absolute Gasteiger partial charge is 0.462 e. The van der Waals surface area contributed by atoms with Crippen molar-refractivity contribution in [2.75, 3.05) is 6.61 Å². The molecule has 0 amide bonds. The Morgan fingerprint density at radius 1 is 0.897 bits per heavy atom. The summed E-state index contributed by atoms with van der Waals surface area (Å²) in [6.07, 6.45) is 1.71. The van der Waals surface area contributed by atoms with Crippen LogP contribution in [0.3, 0.4) is 0 Å². The van der Waals surface area contributed by atoms with Gasteiger partial charge in [-0.1, -0.05) is 30.3 Å². The molecule has 4 rings (SSSR count). The second-order valence-corrected chi connectivity index (χ2v) is 6.51. The normalized spacial score (nSPS) is 10.8. The second-order valence-electron chi connectivity index (χ2n) is 6.51. The van der Waals surface area contributed by atoms with Gasteiger partial charge in [0.1, 0.15) is 5.82 Å². The van der Waals surface area contributed by atoms with Crippen LogP contribution in [0.25, 0.3) is 16.6 Å². The van der Waals surface area contributed by atoms with Crippen LogP contribution in [0.5, 0.6) is 0 Å². The molecule has 0 atom stereocenters. The number of rotatable bonds is 5. The average molecular weight is 387 g/mol. The quantitative estimate of drug-likeness (QED) is 0.350. The number of hydrogen-bond donors (Lipinski definition) is 0. The molecule has 0 spiro atoms. The Kier molecular flexibility index (Phi) is 4.96. The first-order valence-corrected chi connectivity index (χ1v) is 9.27. The minimum absolute atomic E-state index is 0.0352. The summed E-state index contributed by atoms with van der Waals surface area (Å²) in [5.41, 5.74) is 2.50. The summed E-state index contributed by atoms with van der Waals surface area (Å²) in [5, 5.41) is 0.732. The van der Waals surface area contributed by atoms with Crippen molar-refractivity contribution in [2.45, 2.75) is 6.92 Å². The SMILES string of the molecule is CCOC(=O)c1ccc(-n2cc(C(=O)c3ccccc3F)c3ccccc32)cc1. The van der Waals surface area contributed by atoms with Crippen molar-refractivity contribution < 1.29 is 18.7 Å². The molecule has 0 fully saturated rings. The van der Waals surface area contributed by atoms with Gasteiger partial charge in [0.15, 0.2) is 5.78 Å². The highest BCUT2D eigenvalue weighted by Crippen LogP contribution is 2.27. The van der Waals surface area contributed by atoms with Gasteiger partial charge in [0.25, 0.3) is 0 Å². The van der Waals surface area contributed by atoms with E-state index in [-0.39, 0.29) is 17.3 Å². The Hall–Kier alpha value is -3.73. The Balaban J connectivity index is 1.80. The van der Waals surface area contributed by atoms with E-state index in [0.29, 0.717) is 17.7 Å². The van der Waals surface area contributed by atoms with Gasteiger partial charge in [-0.25, -0.2) is 9.18 Å². The van der Waals surface area contributed by atoms with Crippen molar-refractivity contribution in [1.29, 1.82) is 0 Å². The van der Waals surface area contributed by atoms with E-state index in [0.717, 1.165) is 16.6 Å². The number of esters is 1. The van der Waals surface area contributed by atoms with Crippen LogP contribution in [0.15, 0.2) is 79.0 Å². The molecule has 0 N–H and O–H groups in total. The third kappa shape index (κ3) is 3.43. The van der Waals surface area contributed by atoms with E-state index < -0.39 is 5.82 Å². The van der Waals surface area contributed by atoms with E-state index in [1.807, 2.05) is 28.8 Å². The lowest BCUT2D eigenvalue weighted by atomic mass is 10.0. The molecule has 3 aromatic carbocycles. The third-order valence-electron chi connectivity index (χ3n) is 4.73. The third-order valence-corrected chi connectivity index (χ3v) is 4.73. The van der Waals surface area contributed by atoms with E-state index in [2.05, 4.69) is 0 Å². The fraction of sp³-hybridized carbons (Fsp3) is 0.0833. The van der Waals surface area contributed by atoms with Crippen molar-refractivity contribution >= 4 is 22.7 Å². The zero-order chi connectivity index (χ0) is 20.4. The van der Waals surface area contributed by atoms with Crippen LogP contribution in [0.4, 0.5) is 4.39 Å². The fourth-order valence-corrected chi connectivity index (χ4v) is 3.34. The van der Waals surface area contributed by atoms with Gasteiger partial charge in [0.2, 0.25) is 0 Å². The molecule has 4 nitrogen and oxygen atoms in total. The summed E-state index contributed by atoms with van der Waals surface area (Å²) < 4.78 is 21.0. The Labute approximate surface area is 167 Å². The first-order chi connectivity index (χ1) is 14.1. The predicted octanol–water partition coefficient (Wildman–Crippen LogP) is 5.18. The van der Waals surface area contributed by atoms with Crippen LogP contribution >= 0.6 is 0 Å². The molecule has 29 heavy (non-hydrogen) atoms. The molecule has 0 saturated carbocycles. The van der Waals surface area contributed by atoms with Gasteiger partial charge in [-0.3, -0.25) is 4.79 Å². The number of nitrogens with zero attached hydrogens (tertiary/aromatic N) is 1. The van der Waals surface area contributed by atoms with Crippen molar-refractivity contribution in [3.63, 3.8) is 0 Å². The van der Waals surface area contributed by atoms with Gasteiger partial charge in [-0.15, -0.1) is 0 Å². The highest BCUT2D eigenvalue weighted by Gasteiger charge is 2.19. The van der Waals surface area contributed by atoms with Crippen LogP contribution in [0.2, 0.25) is 0 Å². The van der Waals surface area contributed by atoms with Gasteiger partial charge < -0.3 is 9.30 Å². The molecule has 0 aliphatic rings. The summed E-state index contributed by atoms with van der Waals surface area (Å²) >= 11 is 0. The van der Waals surface area contributed by atoms with E-state index >= 15 is 0 Å². The molecule has 0 bridgehead atoms. The van der Waals surface area contributed by atoms with E-state index in [4.69, 9.17) is 4.74 Å². The maximum Gasteiger partial charge on any atom is 0.338 e. The number of halogens is 1. The second kappa shape index (κ2) is 7.72. The molecule has 144 valence electrons. The maximum absolute atomic E-state index is 14.2. The predicted molar refractivity (Wildman–Crippen MR) is 109 cm³/mol. The lowest BCUT2D eigenvalue weighted by Crippen LogP contribution is -2.05. The van der Waals surface area contributed by atoms with Gasteiger partial charge in [0, 0.05) is 22.8 Å². The van der Waals surface area contributed by atoms with E-state index in [9.17, 15) is 14.0 Å². The molecule has 1 heterocycles. The maximum atomic E-state index is 14.2. The minimum Gasteiger partial charge on any atom is -0.462 e. The van der Waals surface area contributed by atoms with Crippen molar-refractivity contribution in [1.82, 2.24) is 4.57 Å². The van der Waals surface area contributed by atoms with Crippen LogP contribution in [-0.2, 0) is 4.74 Å². The van der Waals surface area contributed by atoms with Gasteiger partial charge in [-0.2, -0.15) is 0 Å². The monoisotopic (exact) mass is 387 g/mol. The number of para-hydroxylation sites is 1. The number of aromatic nitrogens is 1. The topological polar surface area (TPSA) is 48.3 Å². The first kappa shape index (κ1) is 18.6. The molecule has 4 aromatic rings. The highest BCUT2D eigenvalue weighted by molar-refractivity contribution is 6.16. The van der Waals surface area contributed by atoms with Crippen molar-refractivity contribution in [2.24, 2.45) is 0 Å². The zero-order valence-electron chi connectivity index (χ0n) is 15.8. The van der Waals surface area contributed by atoms with E-state index in [1.165, 1.54) is 12.1 Å². The summed E-state index contributed by atoms with van der Waals surface area (Å²) in [6, 6.07) is 20.4. The lowest BCUT2D eigenvalue weighted by molar-refractivity contribution is 0.0526. The summed E-state index contributed by atoms with van der Waals surface area (Å²) in [7, 11) is 0. The Morgan fingerprint density at radius 2 is 1.59 bits per heavy atom. The molecule has 0 aliphatic carbocycles. The minimum atomic E-state index is -0.548. The zero-order valence-corrected chi connectivity index (χ0v) is 15.8. The lowest BCUT2D eigenvalue weighted by Gasteiger charge is -2.07. The molecule has 5 heteroatoms. The molecule has 0 saturated heterocycles. The van der Waals surface area contributed by atoms with Crippen molar-refractivity contribution in [3.05, 3.63) is 102 Å². The molecule has 0 unspecified atom stereocenters.